The normalized spacial score (nSPS) is 9.43. The minimum atomic E-state index is 0.381. The molecule has 0 aliphatic heterocycles. The van der Waals surface area contributed by atoms with Crippen molar-refractivity contribution < 1.29 is 4.74 Å². The number of hydrogen-bond donors (Lipinski definition) is 1. The monoisotopic (exact) mass is 191 g/mol. The van der Waals surface area contributed by atoms with E-state index < -0.39 is 0 Å². The highest BCUT2D eigenvalue weighted by molar-refractivity contribution is 5.29. The third-order valence-electron chi connectivity index (χ3n) is 1.64. The zero-order valence-electron chi connectivity index (χ0n) is 8.16. The van der Waals surface area contributed by atoms with E-state index in [4.69, 9.17) is 10.00 Å². The second-order valence-electron chi connectivity index (χ2n) is 2.69. The molecule has 0 unspecified atom stereocenters. The van der Waals surface area contributed by atoms with Gasteiger partial charge < -0.3 is 10.1 Å². The van der Waals surface area contributed by atoms with Crippen molar-refractivity contribution in [2.24, 2.45) is 0 Å². The van der Waals surface area contributed by atoms with Crippen molar-refractivity contribution in [3.8, 4) is 11.8 Å². The Kier molecular flexibility index (Phi) is 4.45. The van der Waals surface area contributed by atoms with Crippen LogP contribution in [0.25, 0.3) is 0 Å². The molecule has 1 aromatic heterocycles. The average molecular weight is 191 g/mol. The maximum absolute atomic E-state index is 8.59. The summed E-state index contributed by atoms with van der Waals surface area (Å²) in [5, 5.41) is 11.7. The van der Waals surface area contributed by atoms with Crippen molar-refractivity contribution in [2.75, 3.05) is 19.7 Å². The van der Waals surface area contributed by atoms with E-state index in [1.165, 1.54) is 0 Å². The van der Waals surface area contributed by atoms with Gasteiger partial charge >= 0.3 is 0 Å². The van der Waals surface area contributed by atoms with Crippen molar-refractivity contribution in [1.29, 1.82) is 5.26 Å². The first kappa shape index (κ1) is 10.5. The maximum Gasteiger partial charge on any atom is 0.144 e. The van der Waals surface area contributed by atoms with E-state index in [0.29, 0.717) is 18.1 Å². The Morgan fingerprint density at radius 2 is 2.50 bits per heavy atom. The number of nitrogens with zero attached hydrogens (tertiary/aromatic N) is 2. The summed E-state index contributed by atoms with van der Waals surface area (Å²) in [4.78, 5) is 3.85. The minimum Gasteiger partial charge on any atom is -0.492 e. The molecule has 0 radical (unpaired) electrons. The van der Waals surface area contributed by atoms with Gasteiger partial charge in [-0.15, -0.1) is 0 Å². The quantitative estimate of drug-likeness (QED) is 0.704. The molecule has 0 aromatic carbocycles. The SMILES string of the molecule is CCNCCOc1ccnc(C#N)c1. The van der Waals surface area contributed by atoms with Crippen LogP contribution in [-0.4, -0.2) is 24.7 Å². The van der Waals surface area contributed by atoms with Crippen LogP contribution < -0.4 is 10.1 Å². The third kappa shape index (κ3) is 3.42. The summed E-state index contributed by atoms with van der Waals surface area (Å²) < 4.78 is 5.40. The van der Waals surface area contributed by atoms with Gasteiger partial charge in [-0.25, -0.2) is 4.98 Å². The molecule has 0 saturated heterocycles. The van der Waals surface area contributed by atoms with Crippen LogP contribution in [0.2, 0.25) is 0 Å². The number of aromatic nitrogens is 1. The number of pyridine rings is 1. The molecule has 0 aliphatic carbocycles. The Hall–Kier alpha value is -1.60. The lowest BCUT2D eigenvalue weighted by Crippen LogP contribution is -2.20. The second kappa shape index (κ2) is 5.95. The van der Waals surface area contributed by atoms with Crippen LogP contribution in [-0.2, 0) is 0 Å². The average Bonchev–Trinajstić information content (AvgIpc) is 2.25. The van der Waals surface area contributed by atoms with Gasteiger partial charge in [0.2, 0.25) is 0 Å². The van der Waals surface area contributed by atoms with Gasteiger partial charge in [0.15, 0.2) is 0 Å². The highest BCUT2D eigenvalue weighted by Gasteiger charge is 1.96. The Balaban J connectivity index is 2.39. The molecule has 74 valence electrons. The first-order chi connectivity index (χ1) is 6.86. The first-order valence-corrected chi connectivity index (χ1v) is 4.56. The number of rotatable bonds is 5. The van der Waals surface area contributed by atoms with E-state index in [-0.39, 0.29) is 0 Å². The van der Waals surface area contributed by atoms with Gasteiger partial charge in [0.05, 0.1) is 0 Å². The molecule has 1 heterocycles. The highest BCUT2D eigenvalue weighted by atomic mass is 16.5. The summed E-state index contributed by atoms with van der Waals surface area (Å²) in [5.41, 5.74) is 0.381. The summed E-state index contributed by atoms with van der Waals surface area (Å²) in [6, 6.07) is 5.34. The lowest BCUT2D eigenvalue weighted by atomic mass is 10.3. The summed E-state index contributed by atoms with van der Waals surface area (Å²) in [6.45, 7) is 4.38. The van der Waals surface area contributed by atoms with E-state index in [1.54, 1.807) is 18.3 Å². The highest BCUT2D eigenvalue weighted by Crippen LogP contribution is 2.09. The van der Waals surface area contributed by atoms with E-state index in [9.17, 15) is 0 Å². The molecule has 1 aromatic rings. The van der Waals surface area contributed by atoms with Crippen molar-refractivity contribution in [3.63, 3.8) is 0 Å². The Bertz CT molecular complexity index is 319. The summed E-state index contributed by atoms with van der Waals surface area (Å²) in [7, 11) is 0. The number of nitrogens with one attached hydrogen (secondary N) is 1. The number of nitriles is 1. The fourth-order valence-corrected chi connectivity index (χ4v) is 0.980. The van der Waals surface area contributed by atoms with Gasteiger partial charge in [0.1, 0.15) is 24.1 Å². The molecule has 0 saturated carbocycles. The van der Waals surface area contributed by atoms with E-state index in [2.05, 4.69) is 10.3 Å². The van der Waals surface area contributed by atoms with Gasteiger partial charge in [-0.05, 0) is 12.6 Å². The number of hydrogen-bond acceptors (Lipinski definition) is 4. The summed E-state index contributed by atoms with van der Waals surface area (Å²) in [6.07, 6.45) is 1.57. The summed E-state index contributed by atoms with van der Waals surface area (Å²) in [5.74, 6) is 0.689. The number of likely N-dealkylation sites (N-methyl/N-ethyl adjacent to an activating group) is 1. The molecule has 1 rings (SSSR count). The smallest absolute Gasteiger partial charge is 0.144 e. The third-order valence-corrected chi connectivity index (χ3v) is 1.64. The Labute approximate surface area is 83.5 Å². The second-order valence-corrected chi connectivity index (χ2v) is 2.69. The number of ether oxygens (including phenoxy) is 1. The minimum absolute atomic E-state index is 0.381. The van der Waals surface area contributed by atoms with Crippen LogP contribution >= 0.6 is 0 Å². The van der Waals surface area contributed by atoms with Gasteiger partial charge in [0, 0.05) is 18.8 Å². The van der Waals surface area contributed by atoms with Gasteiger partial charge in [0.25, 0.3) is 0 Å². The largest absolute Gasteiger partial charge is 0.492 e. The van der Waals surface area contributed by atoms with Gasteiger partial charge in [-0.2, -0.15) is 5.26 Å². The van der Waals surface area contributed by atoms with Gasteiger partial charge in [-0.1, -0.05) is 6.92 Å². The molecule has 0 amide bonds. The molecular weight excluding hydrogens is 178 g/mol. The predicted octanol–water partition coefficient (Wildman–Crippen LogP) is 0.942. The molecule has 0 fully saturated rings. The lowest BCUT2D eigenvalue weighted by molar-refractivity contribution is 0.315. The first-order valence-electron chi connectivity index (χ1n) is 4.56. The zero-order valence-corrected chi connectivity index (χ0v) is 8.16. The van der Waals surface area contributed by atoms with E-state index in [1.807, 2.05) is 13.0 Å². The summed E-state index contributed by atoms with van der Waals surface area (Å²) >= 11 is 0. The molecule has 0 atom stereocenters. The molecule has 1 N–H and O–H groups in total. The Morgan fingerprint density at radius 1 is 1.64 bits per heavy atom. The lowest BCUT2D eigenvalue weighted by Gasteiger charge is -2.05. The van der Waals surface area contributed by atoms with Crippen LogP contribution in [0.5, 0.6) is 5.75 Å². The van der Waals surface area contributed by atoms with Crippen LogP contribution in [0, 0.1) is 11.3 Å². The molecule has 4 heteroatoms. The zero-order chi connectivity index (χ0) is 10.2. The molecule has 4 nitrogen and oxygen atoms in total. The molecule has 14 heavy (non-hydrogen) atoms. The van der Waals surface area contributed by atoms with Gasteiger partial charge in [-0.3, -0.25) is 0 Å². The van der Waals surface area contributed by atoms with Crippen molar-refractivity contribution in [2.45, 2.75) is 6.92 Å². The molecule has 0 spiro atoms. The van der Waals surface area contributed by atoms with Crippen molar-refractivity contribution >= 4 is 0 Å². The van der Waals surface area contributed by atoms with E-state index in [0.717, 1.165) is 13.1 Å². The van der Waals surface area contributed by atoms with Crippen LogP contribution in [0.3, 0.4) is 0 Å². The fourth-order valence-electron chi connectivity index (χ4n) is 0.980. The maximum atomic E-state index is 8.59. The van der Waals surface area contributed by atoms with Crippen molar-refractivity contribution in [1.82, 2.24) is 10.3 Å². The standard InChI is InChI=1S/C10H13N3O/c1-2-12-5-6-14-10-3-4-13-9(7-10)8-11/h3-4,7,12H,2,5-6H2,1H3. The van der Waals surface area contributed by atoms with Crippen molar-refractivity contribution in [3.05, 3.63) is 24.0 Å². The molecule has 0 aliphatic rings. The topological polar surface area (TPSA) is 57.9 Å². The fraction of sp³-hybridized carbons (Fsp3) is 0.400. The van der Waals surface area contributed by atoms with Crippen LogP contribution in [0.4, 0.5) is 0 Å². The van der Waals surface area contributed by atoms with E-state index >= 15 is 0 Å². The van der Waals surface area contributed by atoms with Crippen LogP contribution in [0.15, 0.2) is 18.3 Å². The molecular formula is C10H13N3O. The Morgan fingerprint density at radius 3 is 3.21 bits per heavy atom. The molecule has 0 bridgehead atoms. The van der Waals surface area contributed by atoms with Crippen LogP contribution in [0.1, 0.15) is 12.6 Å². The predicted molar refractivity (Wildman–Crippen MR) is 53.0 cm³/mol.